The SMILES string of the molecule is Nc1c(F)cccc1C(=O)Nc1ccc(I)cc1C(=O)O. The summed E-state index contributed by atoms with van der Waals surface area (Å²) in [4.78, 5) is 23.3. The molecule has 0 atom stereocenters. The minimum Gasteiger partial charge on any atom is -0.478 e. The van der Waals surface area contributed by atoms with Crippen LogP contribution in [0.3, 0.4) is 0 Å². The van der Waals surface area contributed by atoms with E-state index in [0.29, 0.717) is 3.57 Å². The molecule has 0 bridgehead atoms. The van der Waals surface area contributed by atoms with Gasteiger partial charge in [-0.3, -0.25) is 4.79 Å². The van der Waals surface area contributed by atoms with Crippen LogP contribution in [0.15, 0.2) is 36.4 Å². The van der Waals surface area contributed by atoms with Crippen LogP contribution >= 0.6 is 22.6 Å². The zero-order valence-electron chi connectivity index (χ0n) is 10.6. The normalized spacial score (nSPS) is 10.2. The average Bonchev–Trinajstić information content (AvgIpc) is 2.43. The molecule has 4 N–H and O–H groups in total. The molecule has 0 aliphatic carbocycles. The summed E-state index contributed by atoms with van der Waals surface area (Å²) in [6, 6.07) is 8.40. The predicted octanol–water partition coefficient (Wildman–Crippen LogP) is 2.96. The number of rotatable bonds is 3. The number of carbonyl (C=O) groups is 2. The summed E-state index contributed by atoms with van der Waals surface area (Å²) in [7, 11) is 0. The molecule has 0 aliphatic heterocycles. The van der Waals surface area contributed by atoms with Crippen LogP contribution in [0.2, 0.25) is 0 Å². The summed E-state index contributed by atoms with van der Waals surface area (Å²) < 4.78 is 14.1. The van der Waals surface area contributed by atoms with Gasteiger partial charge in [-0.05, 0) is 52.9 Å². The fourth-order valence-corrected chi connectivity index (χ4v) is 2.22. The Kier molecular flexibility index (Phi) is 4.41. The fraction of sp³-hybridized carbons (Fsp3) is 0. The maximum absolute atomic E-state index is 13.3. The molecule has 0 radical (unpaired) electrons. The second-order valence-corrected chi connectivity index (χ2v) is 5.40. The topological polar surface area (TPSA) is 92.4 Å². The van der Waals surface area contributed by atoms with Gasteiger partial charge in [0.1, 0.15) is 5.82 Å². The minimum atomic E-state index is -1.17. The number of amides is 1. The number of carboxylic acid groups (broad SMARTS) is 1. The van der Waals surface area contributed by atoms with Crippen LogP contribution in [-0.2, 0) is 0 Å². The highest BCUT2D eigenvalue weighted by molar-refractivity contribution is 14.1. The Morgan fingerprint density at radius 1 is 1.19 bits per heavy atom. The number of hydrogen-bond acceptors (Lipinski definition) is 3. The third kappa shape index (κ3) is 3.30. The molecule has 0 unspecified atom stereocenters. The second kappa shape index (κ2) is 6.08. The molecule has 21 heavy (non-hydrogen) atoms. The van der Waals surface area contributed by atoms with E-state index < -0.39 is 17.7 Å². The van der Waals surface area contributed by atoms with E-state index in [0.717, 1.165) is 6.07 Å². The Bertz CT molecular complexity index is 734. The van der Waals surface area contributed by atoms with Gasteiger partial charge in [-0.25, -0.2) is 9.18 Å². The highest BCUT2D eigenvalue weighted by Crippen LogP contribution is 2.22. The molecule has 7 heteroatoms. The van der Waals surface area contributed by atoms with E-state index in [1.807, 2.05) is 22.6 Å². The maximum Gasteiger partial charge on any atom is 0.337 e. The van der Waals surface area contributed by atoms with Crippen molar-refractivity contribution < 1.29 is 19.1 Å². The number of para-hydroxylation sites is 1. The minimum absolute atomic E-state index is 0.0507. The van der Waals surface area contributed by atoms with Crippen LogP contribution in [-0.4, -0.2) is 17.0 Å². The molecule has 0 aliphatic rings. The lowest BCUT2D eigenvalue weighted by atomic mass is 10.1. The van der Waals surface area contributed by atoms with Gasteiger partial charge in [-0.15, -0.1) is 0 Å². The monoisotopic (exact) mass is 400 g/mol. The molecule has 1 amide bonds. The van der Waals surface area contributed by atoms with Gasteiger partial charge >= 0.3 is 5.97 Å². The van der Waals surface area contributed by atoms with Crippen molar-refractivity contribution in [1.29, 1.82) is 0 Å². The van der Waals surface area contributed by atoms with E-state index in [1.54, 1.807) is 6.07 Å². The van der Waals surface area contributed by atoms with E-state index in [2.05, 4.69) is 5.32 Å². The number of anilines is 2. The maximum atomic E-state index is 13.3. The van der Waals surface area contributed by atoms with Crippen molar-refractivity contribution in [2.24, 2.45) is 0 Å². The fourth-order valence-electron chi connectivity index (χ4n) is 1.73. The quantitative estimate of drug-likeness (QED) is 0.546. The first kappa shape index (κ1) is 15.2. The zero-order valence-corrected chi connectivity index (χ0v) is 12.7. The summed E-state index contributed by atoms with van der Waals surface area (Å²) in [5.41, 5.74) is 5.25. The van der Waals surface area contributed by atoms with Gasteiger partial charge in [0.2, 0.25) is 0 Å². The molecule has 0 heterocycles. The Hall–Kier alpha value is -2.16. The van der Waals surface area contributed by atoms with Gasteiger partial charge < -0.3 is 16.2 Å². The molecule has 0 saturated heterocycles. The first-order valence-electron chi connectivity index (χ1n) is 5.78. The highest BCUT2D eigenvalue weighted by atomic mass is 127. The first-order valence-corrected chi connectivity index (χ1v) is 6.86. The van der Waals surface area contributed by atoms with Crippen molar-refractivity contribution in [3.05, 3.63) is 56.9 Å². The summed E-state index contributed by atoms with van der Waals surface area (Å²) >= 11 is 1.96. The average molecular weight is 400 g/mol. The number of carbonyl (C=O) groups excluding carboxylic acids is 1. The van der Waals surface area contributed by atoms with Crippen LogP contribution in [0.25, 0.3) is 0 Å². The molecule has 2 aromatic carbocycles. The molecular weight excluding hydrogens is 390 g/mol. The molecule has 0 fully saturated rings. The molecule has 2 aromatic rings. The van der Waals surface area contributed by atoms with Crippen molar-refractivity contribution >= 4 is 45.8 Å². The Morgan fingerprint density at radius 2 is 1.90 bits per heavy atom. The summed E-state index contributed by atoms with van der Waals surface area (Å²) in [6.07, 6.45) is 0. The van der Waals surface area contributed by atoms with E-state index in [1.165, 1.54) is 24.3 Å². The molecule has 5 nitrogen and oxygen atoms in total. The largest absolute Gasteiger partial charge is 0.478 e. The molecule has 0 spiro atoms. The van der Waals surface area contributed by atoms with E-state index in [-0.39, 0.29) is 22.5 Å². The van der Waals surface area contributed by atoms with Crippen molar-refractivity contribution in [3.8, 4) is 0 Å². The summed E-state index contributed by atoms with van der Waals surface area (Å²) in [6.45, 7) is 0. The van der Waals surface area contributed by atoms with Crippen LogP contribution < -0.4 is 11.1 Å². The number of aromatic carboxylic acids is 1. The molecule has 2 rings (SSSR count). The molecular formula is C14H10FIN2O3. The van der Waals surface area contributed by atoms with Gasteiger partial charge in [0.15, 0.2) is 0 Å². The molecule has 108 valence electrons. The predicted molar refractivity (Wildman–Crippen MR) is 84.9 cm³/mol. The van der Waals surface area contributed by atoms with Gasteiger partial charge in [-0.1, -0.05) is 6.07 Å². The molecule has 0 aromatic heterocycles. The number of nitrogen functional groups attached to an aromatic ring is 1. The molecule has 0 saturated carbocycles. The number of hydrogen-bond donors (Lipinski definition) is 3. The third-order valence-electron chi connectivity index (χ3n) is 2.76. The highest BCUT2D eigenvalue weighted by Gasteiger charge is 2.16. The van der Waals surface area contributed by atoms with Crippen LogP contribution in [0.1, 0.15) is 20.7 Å². The van der Waals surface area contributed by atoms with Gasteiger partial charge in [0.25, 0.3) is 5.91 Å². The summed E-state index contributed by atoms with van der Waals surface area (Å²) in [5, 5.41) is 11.6. The number of benzene rings is 2. The van der Waals surface area contributed by atoms with Crippen LogP contribution in [0.5, 0.6) is 0 Å². The standard InChI is InChI=1S/C14H10FIN2O3/c15-10-3-1-2-8(12(10)17)13(19)18-11-5-4-7(16)6-9(11)14(20)21/h1-6H,17H2,(H,18,19)(H,20,21). The van der Waals surface area contributed by atoms with E-state index >= 15 is 0 Å². The van der Waals surface area contributed by atoms with Crippen molar-refractivity contribution in [2.75, 3.05) is 11.1 Å². The van der Waals surface area contributed by atoms with Crippen molar-refractivity contribution in [3.63, 3.8) is 0 Å². The number of halogens is 2. The number of nitrogens with two attached hydrogens (primary N) is 1. The second-order valence-electron chi connectivity index (χ2n) is 4.15. The lowest BCUT2D eigenvalue weighted by Crippen LogP contribution is -2.17. The number of carboxylic acids is 1. The van der Waals surface area contributed by atoms with Crippen LogP contribution in [0, 0.1) is 9.39 Å². The van der Waals surface area contributed by atoms with Crippen molar-refractivity contribution in [2.45, 2.75) is 0 Å². The smallest absolute Gasteiger partial charge is 0.337 e. The van der Waals surface area contributed by atoms with E-state index in [4.69, 9.17) is 10.8 Å². The lowest BCUT2D eigenvalue weighted by molar-refractivity contribution is 0.0698. The van der Waals surface area contributed by atoms with E-state index in [9.17, 15) is 14.0 Å². The van der Waals surface area contributed by atoms with Gasteiger partial charge in [-0.2, -0.15) is 0 Å². The third-order valence-corrected chi connectivity index (χ3v) is 3.43. The zero-order chi connectivity index (χ0) is 15.6. The Balaban J connectivity index is 2.36. The Morgan fingerprint density at radius 3 is 2.57 bits per heavy atom. The van der Waals surface area contributed by atoms with Crippen molar-refractivity contribution in [1.82, 2.24) is 0 Å². The lowest BCUT2D eigenvalue weighted by Gasteiger charge is -2.10. The van der Waals surface area contributed by atoms with Gasteiger partial charge in [0.05, 0.1) is 22.5 Å². The first-order chi connectivity index (χ1) is 9.90. The van der Waals surface area contributed by atoms with Gasteiger partial charge in [0, 0.05) is 3.57 Å². The van der Waals surface area contributed by atoms with Crippen LogP contribution in [0.4, 0.5) is 15.8 Å². The number of nitrogens with one attached hydrogen (secondary N) is 1. The summed E-state index contributed by atoms with van der Waals surface area (Å²) in [5.74, 6) is -2.55. The Labute approximate surface area is 133 Å².